The first-order valence-corrected chi connectivity index (χ1v) is 10.8. The van der Waals surface area contributed by atoms with E-state index in [1.807, 2.05) is 28.8 Å². The molecule has 0 spiro atoms. The maximum absolute atomic E-state index is 12.8. The molecule has 1 amide bonds. The van der Waals surface area contributed by atoms with Crippen molar-refractivity contribution in [2.24, 2.45) is 5.92 Å². The second-order valence-electron chi connectivity index (χ2n) is 7.51. The lowest BCUT2D eigenvalue weighted by atomic mass is 9.82. The van der Waals surface area contributed by atoms with Gasteiger partial charge in [-0.1, -0.05) is 25.3 Å². The SMILES string of the molecule is COC(c1ccc2c(c1)CN(C(=O)c1ccsc1)CCO2)C1CCCCC1. The number of amides is 1. The minimum Gasteiger partial charge on any atom is -0.491 e. The smallest absolute Gasteiger partial charge is 0.255 e. The molecule has 4 nitrogen and oxygen atoms in total. The van der Waals surface area contributed by atoms with Crippen LogP contribution in [0.5, 0.6) is 5.75 Å². The zero-order valence-corrected chi connectivity index (χ0v) is 16.7. The zero-order chi connectivity index (χ0) is 18.6. The largest absolute Gasteiger partial charge is 0.491 e. The maximum Gasteiger partial charge on any atom is 0.255 e. The van der Waals surface area contributed by atoms with Gasteiger partial charge in [0.15, 0.2) is 0 Å². The molecule has 0 saturated heterocycles. The molecule has 4 rings (SSSR count). The normalized spacial score (nSPS) is 19.1. The molecule has 2 aliphatic rings. The van der Waals surface area contributed by atoms with Gasteiger partial charge >= 0.3 is 0 Å². The van der Waals surface area contributed by atoms with Gasteiger partial charge in [-0.15, -0.1) is 0 Å². The van der Waals surface area contributed by atoms with Crippen LogP contribution in [-0.2, 0) is 11.3 Å². The fourth-order valence-corrected chi connectivity index (χ4v) is 5.00. The van der Waals surface area contributed by atoms with Crippen molar-refractivity contribution in [1.82, 2.24) is 4.90 Å². The van der Waals surface area contributed by atoms with Gasteiger partial charge in [-0.05, 0) is 47.9 Å². The topological polar surface area (TPSA) is 38.8 Å². The number of benzene rings is 1. The predicted octanol–water partition coefficient (Wildman–Crippen LogP) is 5.05. The Morgan fingerprint density at radius 3 is 2.85 bits per heavy atom. The highest BCUT2D eigenvalue weighted by molar-refractivity contribution is 7.08. The van der Waals surface area contributed by atoms with Gasteiger partial charge in [-0.3, -0.25) is 4.79 Å². The molecule has 144 valence electrons. The van der Waals surface area contributed by atoms with Crippen molar-refractivity contribution < 1.29 is 14.3 Å². The van der Waals surface area contributed by atoms with E-state index < -0.39 is 0 Å². The van der Waals surface area contributed by atoms with Gasteiger partial charge in [-0.2, -0.15) is 11.3 Å². The first kappa shape index (κ1) is 18.5. The average molecular weight is 386 g/mol. The Bertz CT molecular complexity index is 768. The molecule has 2 heterocycles. The van der Waals surface area contributed by atoms with Gasteiger partial charge in [0.05, 0.1) is 18.2 Å². The average Bonchev–Trinajstić information content (AvgIpc) is 3.16. The summed E-state index contributed by atoms with van der Waals surface area (Å²) < 4.78 is 11.8. The Hall–Kier alpha value is -1.85. The minimum atomic E-state index is 0.0775. The maximum atomic E-state index is 12.8. The zero-order valence-electron chi connectivity index (χ0n) is 15.9. The van der Waals surface area contributed by atoms with Crippen molar-refractivity contribution in [2.45, 2.75) is 44.8 Å². The molecule has 1 fully saturated rings. The summed E-state index contributed by atoms with van der Waals surface area (Å²) in [6.07, 6.45) is 6.51. The fourth-order valence-electron chi connectivity index (χ4n) is 4.37. The van der Waals surface area contributed by atoms with Crippen LogP contribution in [0.2, 0.25) is 0 Å². The van der Waals surface area contributed by atoms with Crippen molar-refractivity contribution in [2.75, 3.05) is 20.3 Å². The Morgan fingerprint density at radius 2 is 2.11 bits per heavy atom. The number of hydrogen-bond donors (Lipinski definition) is 0. The van der Waals surface area contributed by atoms with Crippen molar-refractivity contribution in [1.29, 1.82) is 0 Å². The third-order valence-electron chi connectivity index (χ3n) is 5.78. The van der Waals surface area contributed by atoms with E-state index >= 15 is 0 Å². The summed E-state index contributed by atoms with van der Waals surface area (Å²) in [4.78, 5) is 14.7. The van der Waals surface area contributed by atoms with Crippen LogP contribution in [0, 0.1) is 5.92 Å². The first-order chi connectivity index (χ1) is 13.3. The molecule has 0 N–H and O–H groups in total. The highest BCUT2D eigenvalue weighted by Crippen LogP contribution is 2.38. The summed E-state index contributed by atoms with van der Waals surface area (Å²) in [5.74, 6) is 1.54. The second-order valence-corrected chi connectivity index (χ2v) is 8.29. The summed E-state index contributed by atoms with van der Waals surface area (Å²) in [5.41, 5.74) is 3.04. The number of fused-ring (bicyclic) bond motifs is 1. The third kappa shape index (κ3) is 4.04. The molecule has 5 heteroatoms. The van der Waals surface area contributed by atoms with Crippen LogP contribution < -0.4 is 4.74 Å². The van der Waals surface area contributed by atoms with Gasteiger partial charge in [0.2, 0.25) is 0 Å². The molecule has 1 aliphatic heterocycles. The highest BCUT2D eigenvalue weighted by Gasteiger charge is 2.27. The van der Waals surface area contributed by atoms with Gasteiger partial charge < -0.3 is 14.4 Å². The fraction of sp³-hybridized carbons (Fsp3) is 0.500. The minimum absolute atomic E-state index is 0.0775. The van der Waals surface area contributed by atoms with E-state index in [1.165, 1.54) is 37.7 Å². The Kier molecular flexibility index (Phi) is 5.79. The Morgan fingerprint density at radius 1 is 1.26 bits per heavy atom. The highest BCUT2D eigenvalue weighted by atomic mass is 32.1. The lowest BCUT2D eigenvalue weighted by Gasteiger charge is -2.30. The van der Waals surface area contributed by atoms with Crippen molar-refractivity contribution in [3.05, 3.63) is 51.7 Å². The molecule has 1 aromatic heterocycles. The van der Waals surface area contributed by atoms with Gasteiger partial charge in [0, 0.05) is 24.6 Å². The monoisotopic (exact) mass is 385 g/mol. The van der Waals surface area contributed by atoms with E-state index in [0.717, 1.165) is 16.9 Å². The summed E-state index contributed by atoms with van der Waals surface area (Å²) >= 11 is 1.55. The standard InChI is InChI=1S/C22H27NO3S/c1-25-21(16-5-3-2-4-6-16)17-7-8-20-19(13-17)14-23(10-11-26-20)22(24)18-9-12-27-15-18/h7-9,12-13,15-16,21H,2-6,10-11,14H2,1H3. The van der Waals surface area contributed by atoms with Gasteiger partial charge in [-0.25, -0.2) is 0 Å². The van der Waals surface area contributed by atoms with E-state index in [-0.39, 0.29) is 12.0 Å². The molecule has 0 radical (unpaired) electrons. The van der Waals surface area contributed by atoms with Crippen LogP contribution in [0.15, 0.2) is 35.0 Å². The van der Waals surface area contributed by atoms with Crippen molar-refractivity contribution >= 4 is 17.2 Å². The molecule has 1 unspecified atom stereocenters. The predicted molar refractivity (Wildman–Crippen MR) is 107 cm³/mol. The number of ether oxygens (including phenoxy) is 2. The lowest BCUT2D eigenvalue weighted by Crippen LogP contribution is -2.32. The number of carbonyl (C=O) groups excluding carboxylic acids is 1. The van der Waals surface area contributed by atoms with Crippen molar-refractivity contribution in [3.63, 3.8) is 0 Å². The Balaban J connectivity index is 1.57. The number of carbonyl (C=O) groups is 1. The number of methoxy groups -OCH3 is 1. The van der Waals surface area contributed by atoms with E-state index in [9.17, 15) is 4.79 Å². The van der Waals surface area contributed by atoms with Crippen LogP contribution in [0.1, 0.15) is 59.7 Å². The van der Waals surface area contributed by atoms with E-state index in [1.54, 1.807) is 11.3 Å². The second kappa shape index (κ2) is 8.44. The summed E-state index contributed by atoms with van der Waals surface area (Å²) in [6, 6.07) is 8.27. The van der Waals surface area contributed by atoms with E-state index in [0.29, 0.717) is 25.6 Å². The third-order valence-corrected chi connectivity index (χ3v) is 6.46. The molecule has 1 aromatic carbocycles. The Labute approximate surface area is 165 Å². The van der Waals surface area contributed by atoms with Crippen LogP contribution in [0.25, 0.3) is 0 Å². The molecular weight excluding hydrogens is 358 g/mol. The van der Waals surface area contributed by atoms with E-state index in [4.69, 9.17) is 9.47 Å². The molecule has 1 saturated carbocycles. The lowest BCUT2D eigenvalue weighted by molar-refractivity contribution is 0.0353. The van der Waals surface area contributed by atoms with Gasteiger partial charge in [0.1, 0.15) is 12.4 Å². The summed E-state index contributed by atoms with van der Waals surface area (Å²) in [7, 11) is 1.81. The molecule has 0 bridgehead atoms. The van der Waals surface area contributed by atoms with Crippen LogP contribution in [-0.4, -0.2) is 31.1 Å². The first-order valence-electron chi connectivity index (χ1n) is 9.86. The van der Waals surface area contributed by atoms with Crippen LogP contribution >= 0.6 is 11.3 Å². The molecular formula is C22H27NO3S. The van der Waals surface area contributed by atoms with Gasteiger partial charge in [0.25, 0.3) is 5.91 Å². The molecule has 2 aromatic rings. The number of nitrogens with zero attached hydrogens (tertiary/aromatic N) is 1. The summed E-state index contributed by atoms with van der Waals surface area (Å²) in [6.45, 7) is 1.71. The number of thiophene rings is 1. The molecule has 27 heavy (non-hydrogen) atoms. The summed E-state index contributed by atoms with van der Waals surface area (Å²) in [5, 5.41) is 3.86. The number of rotatable bonds is 4. The quantitative estimate of drug-likeness (QED) is 0.739. The van der Waals surface area contributed by atoms with Crippen LogP contribution in [0.3, 0.4) is 0 Å². The van der Waals surface area contributed by atoms with Crippen molar-refractivity contribution in [3.8, 4) is 5.75 Å². The number of hydrogen-bond acceptors (Lipinski definition) is 4. The van der Waals surface area contributed by atoms with Crippen LogP contribution in [0.4, 0.5) is 0 Å². The van der Waals surface area contributed by atoms with E-state index in [2.05, 4.69) is 18.2 Å². The molecule has 1 aliphatic carbocycles. The molecule has 1 atom stereocenters.